The van der Waals surface area contributed by atoms with Crippen molar-refractivity contribution < 1.29 is 4.74 Å². The number of hydrogen-bond acceptors (Lipinski definition) is 4. The molecule has 0 radical (unpaired) electrons. The first-order valence-corrected chi connectivity index (χ1v) is 6.80. The van der Waals surface area contributed by atoms with Gasteiger partial charge in [0.2, 0.25) is 0 Å². The van der Waals surface area contributed by atoms with Gasteiger partial charge in [-0.2, -0.15) is 5.26 Å². The van der Waals surface area contributed by atoms with Crippen molar-refractivity contribution in [3.8, 4) is 11.8 Å². The van der Waals surface area contributed by atoms with Gasteiger partial charge in [0.15, 0.2) is 0 Å². The summed E-state index contributed by atoms with van der Waals surface area (Å²) in [6.45, 7) is 2.24. The van der Waals surface area contributed by atoms with Gasteiger partial charge < -0.3 is 4.74 Å². The van der Waals surface area contributed by atoms with E-state index in [4.69, 9.17) is 21.6 Å². The molecule has 0 atom stereocenters. The van der Waals surface area contributed by atoms with Gasteiger partial charge in [-0.1, -0.05) is 24.6 Å². The quantitative estimate of drug-likeness (QED) is 0.813. The molecule has 0 amide bonds. The van der Waals surface area contributed by atoms with Crippen molar-refractivity contribution >= 4 is 11.6 Å². The van der Waals surface area contributed by atoms with Crippen LogP contribution < -0.4 is 10.3 Å². The Hall–Kier alpha value is -2.32. The van der Waals surface area contributed by atoms with E-state index in [1.165, 1.54) is 13.2 Å². The zero-order chi connectivity index (χ0) is 15.4. The van der Waals surface area contributed by atoms with E-state index in [0.717, 1.165) is 5.56 Å². The van der Waals surface area contributed by atoms with Crippen molar-refractivity contribution in [1.29, 1.82) is 5.26 Å². The maximum Gasteiger partial charge on any atom is 0.255 e. The Morgan fingerprint density at radius 2 is 2.19 bits per heavy atom. The molecule has 5 nitrogen and oxygen atoms in total. The van der Waals surface area contributed by atoms with Crippen LogP contribution in [-0.4, -0.2) is 16.7 Å². The lowest BCUT2D eigenvalue weighted by Crippen LogP contribution is -2.24. The Balaban J connectivity index is 2.44. The highest BCUT2D eigenvalue weighted by atomic mass is 35.5. The minimum absolute atomic E-state index is 0.195. The van der Waals surface area contributed by atoms with Crippen LogP contribution >= 0.6 is 11.6 Å². The molecule has 0 N–H and O–H groups in total. The van der Waals surface area contributed by atoms with Crippen LogP contribution in [0.1, 0.15) is 23.9 Å². The van der Waals surface area contributed by atoms with Gasteiger partial charge in [0.25, 0.3) is 5.56 Å². The minimum atomic E-state index is -0.207. The standard InChI is InChI=1S/C15H14ClN3O2/c1-3-14-18-13(16)7-15(20)19(14)9-10-4-5-12(21-2)11(6-10)8-17/h4-7H,3,9H2,1-2H3. The third-order valence-corrected chi connectivity index (χ3v) is 3.29. The van der Waals surface area contributed by atoms with Crippen LogP contribution in [0.2, 0.25) is 5.15 Å². The number of aryl methyl sites for hydroxylation is 1. The Morgan fingerprint density at radius 1 is 1.43 bits per heavy atom. The molecule has 0 aliphatic rings. The normalized spacial score (nSPS) is 10.2. The van der Waals surface area contributed by atoms with Crippen molar-refractivity contribution in [3.05, 3.63) is 56.7 Å². The number of ether oxygens (including phenoxy) is 1. The lowest BCUT2D eigenvalue weighted by molar-refractivity contribution is 0.413. The number of nitriles is 1. The number of methoxy groups -OCH3 is 1. The van der Waals surface area contributed by atoms with Crippen molar-refractivity contribution in [2.45, 2.75) is 19.9 Å². The fourth-order valence-electron chi connectivity index (χ4n) is 2.09. The topological polar surface area (TPSA) is 67.9 Å². The summed E-state index contributed by atoms with van der Waals surface area (Å²) in [6, 6.07) is 8.61. The second kappa shape index (κ2) is 6.42. The van der Waals surface area contributed by atoms with E-state index in [2.05, 4.69) is 11.1 Å². The van der Waals surface area contributed by atoms with Gasteiger partial charge in [-0.15, -0.1) is 0 Å². The van der Waals surface area contributed by atoms with Gasteiger partial charge in [-0.25, -0.2) is 4.98 Å². The van der Waals surface area contributed by atoms with Crippen molar-refractivity contribution in [2.24, 2.45) is 0 Å². The van der Waals surface area contributed by atoms with Crippen LogP contribution in [0.15, 0.2) is 29.1 Å². The lowest BCUT2D eigenvalue weighted by atomic mass is 10.1. The van der Waals surface area contributed by atoms with Gasteiger partial charge in [-0.05, 0) is 17.7 Å². The van der Waals surface area contributed by atoms with E-state index in [1.54, 1.807) is 16.7 Å². The van der Waals surface area contributed by atoms with E-state index >= 15 is 0 Å². The number of halogens is 1. The minimum Gasteiger partial charge on any atom is -0.495 e. The van der Waals surface area contributed by atoms with Crippen molar-refractivity contribution in [3.63, 3.8) is 0 Å². The number of rotatable bonds is 4. The Morgan fingerprint density at radius 3 is 2.81 bits per heavy atom. The molecule has 0 aliphatic carbocycles. The van der Waals surface area contributed by atoms with Crippen molar-refractivity contribution in [2.75, 3.05) is 7.11 Å². The summed E-state index contributed by atoms with van der Waals surface area (Å²) in [6.07, 6.45) is 0.594. The molecule has 6 heteroatoms. The predicted molar refractivity (Wildman–Crippen MR) is 79.7 cm³/mol. The Labute approximate surface area is 127 Å². The van der Waals surface area contributed by atoms with Crippen LogP contribution in [0.5, 0.6) is 5.75 Å². The largest absolute Gasteiger partial charge is 0.495 e. The Kier molecular flexibility index (Phi) is 4.61. The molecular weight excluding hydrogens is 290 g/mol. The third-order valence-electron chi connectivity index (χ3n) is 3.10. The summed E-state index contributed by atoms with van der Waals surface area (Å²) >= 11 is 5.81. The fraction of sp³-hybridized carbons (Fsp3) is 0.267. The van der Waals surface area contributed by atoms with E-state index < -0.39 is 0 Å². The average Bonchev–Trinajstić information content (AvgIpc) is 2.49. The molecule has 2 aromatic rings. The van der Waals surface area contributed by atoms with Crippen molar-refractivity contribution in [1.82, 2.24) is 9.55 Å². The lowest BCUT2D eigenvalue weighted by Gasteiger charge is -2.12. The molecule has 0 spiro atoms. The molecule has 0 bridgehead atoms. The first kappa shape index (κ1) is 15.1. The fourth-order valence-corrected chi connectivity index (χ4v) is 2.28. The second-order valence-corrected chi connectivity index (χ2v) is 4.81. The number of benzene rings is 1. The zero-order valence-electron chi connectivity index (χ0n) is 11.8. The molecule has 1 heterocycles. The molecule has 0 aliphatic heterocycles. The molecule has 0 saturated carbocycles. The third kappa shape index (κ3) is 3.23. The van der Waals surface area contributed by atoms with Gasteiger partial charge in [0.05, 0.1) is 19.2 Å². The van der Waals surface area contributed by atoms with Crippen LogP contribution in [0.25, 0.3) is 0 Å². The molecule has 2 rings (SSSR count). The molecule has 1 aromatic heterocycles. The van der Waals surface area contributed by atoms with Crippen LogP contribution in [-0.2, 0) is 13.0 Å². The first-order valence-electron chi connectivity index (χ1n) is 6.42. The summed E-state index contributed by atoms with van der Waals surface area (Å²) in [5.41, 5.74) is 1.05. The predicted octanol–water partition coefficient (Wildman–Crippen LogP) is 2.39. The van der Waals surface area contributed by atoms with Gasteiger partial charge in [0.1, 0.15) is 22.8 Å². The highest BCUT2D eigenvalue weighted by Crippen LogP contribution is 2.19. The van der Waals surface area contributed by atoms with E-state index in [0.29, 0.717) is 30.1 Å². The van der Waals surface area contributed by atoms with Crippen LogP contribution in [0, 0.1) is 11.3 Å². The first-order chi connectivity index (χ1) is 10.1. The zero-order valence-corrected chi connectivity index (χ0v) is 12.5. The summed E-state index contributed by atoms with van der Waals surface area (Å²) in [5, 5.41) is 9.30. The summed E-state index contributed by atoms with van der Waals surface area (Å²) in [7, 11) is 1.51. The molecule has 0 unspecified atom stereocenters. The van der Waals surface area contributed by atoms with Gasteiger partial charge in [0, 0.05) is 12.5 Å². The maximum absolute atomic E-state index is 12.1. The molecule has 1 aromatic carbocycles. The molecule has 21 heavy (non-hydrogen) atoms. The highest BCUT2D eigenvalue weighted by molar-refractivity contribution is 6.29. The summed E-state index contributed by atoms with van der Waals surface area (Å²) in [4.78, 5) is 16.2. The average molecular weight is 304 g/mol. The summed E-state index contributed by atoms with van der Waals surface area (Å²) < 4.78 is 6.66. The SMILES string of the molecule is CCc1nc(Cl)cc(=O)n1Cc1ccc(OC)c(C#N)c1. The Bertz CT molecular complexity index is 762. The molecule has 0 saturated heterocycles. The van der Waals surface area contributed by atoms with E-state index in [9.17, 15) is 4.79 Å². The number of aromatic nitrogens is 2. The van der Waals surface area contributed by atoms with Gasteiger partial charge >= 0.3 is 0 Å². The number of nitrogens with zero attached hydrogens (tertiary/aromatic N) is 3. The van der Waals surface area contributed by atoms with Crippen LogP contribution in [0.3, 0.4) is 0 Å². The maximum atomic E-state index is 12.1. The molecular formula is C15H14ClN3O2. The van der Waals surface area contributed by atoms with Crippen LogP contribution in [0.4, 0.5) is 0 Å². The molecule has 108 valence electrons. The summed E-state index contributed by atoms with van der Waals surface area (Å²) in [5.74, 6) is 1.13. The molecule has 0 fully saturated rings. The van der Waals surface area contributed by atoms with E-state index in [1.807, 2.05) is 13.0 Å². The second-order valence-electron chi connectivity index (χ2n) is 4.42. The van der Waals surface area contributed by atoms with E-state index in [-0.39, 0.29) is 10.7 Å². The monoisotopic (exact) mass is 303 g/mol. The van der Waals surface area contributed by atoms with Gasteiger partial charge in [-0.3, -0.25) is 9.36 Å². The smallest absolute Gasteiger partial charge is 0.255 e. The highest BCUT2D eigenvalue weighted by Gasteiger charge is 2.09. The number of hydrogen-bond donors (Lipinski definition) is 0.